The number of amides is 1. The number of carbonyl (C=O) groups excluding carboxylic acids is 1. The van der Waals surface area contributed by atoms with Crippen LogP contribution in [0, 0.1) is 5.92 Å². The highest BCUT2D eigenvalue weighted by Gasteiger charge is 2.36. The third-order valence-corrected chi connectivity index (χ3v) is 5.20. The van der Waals surface area contributed by atoms with Gasteiger partial charge in [-0.2, -0.15) is 0 Å². The van der Waals surface area contributed by atoms with E-state index in [1.165, 1.54) is 5.56 Å². The van der Waals surface area contributed by atoms with Crippen LogP contribution in [0.1, 0.15) is 49.8 Å². The molecule has 126 valence electrons. The molecule has 4 heteroatoms. The number of hydrogen-bond acceptors (Lipinski definition) is 3. The summed E-state index contributed by atoms with van der Waals surface area (Å²) in [5.74, 6) is 0.238. The Labute approximate surface area is 138 Å². The van der Waals surface area contributed by atoms with Crippen molar-refractivity contribution in [1.29, 1.82) is 0 Å². The summed E-state index contributed by atoms with van der Waals surface area (Å²) in [6.45, 7) is 3.52. The molecule has 3 rings (SSSR count). The van der Waals surface area contributed by atoms with Crippen LogP contribution in [0.5, 0.6) is 0 Å². The summed E-state index contributed by atoms with van der Waals surface area (Å²) in [7, 11) is 0. The fourth-order valence-corrected chi connectivity index (χ4v) is 3.97. The van der Waals surface area contributed by atoms with Gasteiger partial charge in [-0.25, -0.2) is 0 Å². The normalized spacial score (nSPS) is 27.6. The van der Waals surface area contributed by atoms with Crippen LogP contribution in [0.3, 0.4) is 0 Å². The first-order valence-electron chi connectivity index (χ1n) is 8.85. The van der Waals surface area contributed by atoms with E-state index >= 15 is 0 Å². The molecule has 1 aromatic carbocycles. The smallest absolute Gasteiger partial charge is 0.226 e. The second-order valence-corrected chi connectivity index (χ2v) is 6.68. The summed E-state index contributed by atoms with van der Waals surface area (Å²) >= 11 is 0. The molecule has 3 atom stereocenters. The fraction of sp³-hybridized carbons (Fsp3) is 0.632. The van der Waals surface area contributed by atoms with Crippen molar-refractivity contribution in [2.24, 2.45) is 5.92 Å². The quantitative estimate of drug-likeness (QED) is 0.929. The third kappa shape index (κ3) is 3.43. The maximum absolute atomic E-state index is 13.0. The zero-order chi connectivity index (χ0) is 16.2. The first kappa shape index (κ1) is 16.5. The molecule has 0 unspecified atom stereocenters. The summed E-state index contributed by atoms with van der Waals surface area (Å²) in [5.41, 5.74) is 2.36. The molecule has 0 saturated carbocycles. The Morgan fingerprint density at radius 1 is 1.39 bits per heavy atom. The number of rotatable bonds is 4. The van der Waals surface area contributed by atoms with Crippen molar-refractivity contribution < 1.29 is 14.6 Å². The Kier molecular flexibility index (Phi) is 5.34. The Morgan fingerprint density at radius 2 is 2.22 bits per heavy atom. The molecule has 0 bridgehead atoms. The zero-order valence-corrected chi connectivity index (χ0v) is 13.9. The highest BCUT2D eigenvalue weighted by molar-refractivity contribution is 5.80. The average Bonchev–Trinajstić information content (AvgIpc) is 2.60. The number of nitrogens with zero attached hydrogens (tertiary/aromatic N) is 1. The molecule has 0 spiro atoms. The molecule has 2 aliphatic heterocycles. The van der Waals surface area contributed by atoms with Crippen molar-refractivity contribution in [3.8, 4) is 0 Å². The lowest BCUT2D eigenvalue weighted by molar-refractivity contribution is -0.144. The molecule has 0 radical (unpaired) electrons. The van der Waals surface area contributed by atoms with Crippen LogP contribution in [-0.4, -0.2) is 41.8 Å². The number of hydrogen-bond donors (Lipinski definition) is 1. The lowest BCUT2D eigenvalue weighted by Crippen LogP contribution is -2.46. The van der Waals surface area contributed by atoms with Gasteiger partial charge in [0.25, 0.3) is 0 Å². The zero-order valence-electron chi connectivity index (χ0n) is 13.9. The number of carbonyl (C=O) groups is 1. The van der Waals surface area contributed by atoms with E-state index in [-0.39, 0.29) is 30.6 Å². The second-order valence-electron chi connectivity index (χ2n) is 6.68. The summed E-state index contributed by atoms with van der Waals surface area (Å²) in [5, 5.41) is 9.87. The number of fused-ring (bicyclic) bond motifs is 1. The SMILES string of the molecule is CCC[C@@H]1C[C@@H](C(=O)N2CCc3ccccc3[C@H]2CO)CCO1. The van der Waals surface area contributed by atoms with Crippen LogP contribution in [0.4, 0.5) is 0 Å². The largest absolute Gasteiger partial charge is 0.394 e. The van der Waals surface area contributed by atoms with Crippen LogP contribution in [0.2, 0.25) is 0 Å². The van der Waals surface area contributed by atoms with Gasteiger partial charge >= 0.3 is 0 Å². The van der Waals surface area contributed by atoms with E-state index in [2.05, 4.69) is 13.0 Å². The fourth-order valence-electron chi connectivity index (χ4n) is 3.97. The lowest BCUT2D eigenvalue weighted by Gasteiger charge is -2.40. The highest BCUT2D eigenvalue weighted by atomic mass is 16.5. The van der Waals surface area contributed by atoms with Crippen molar-refractivity contribution in [3.63, 3.8) is 0 Å². The summed E-state index contributed by atoms with van der Waals surface area (Å²) in [6.07, 6.45) is 4.82. The number of ether oxygens (including phenoxy) is 1. The topological polar surface area (TPSA) is 49.8 Å². The van der Waals surface area contributed by atoms with Crippen molar-refractivity contribution in [3.05, 3.63) is 35.4 Å². The Morgan fingerprint density at radius 3 is 3.00 bits per heavy atom. The van der Waals surface area contributed by atoms with Crippen LogP contribution < -0.4 is 0 Å². The molecule has 1 fully saturated rings. The minimum absolute atomic E-state index is 0.00956. The van der Waals surface area contributed by atoms with E-state index in [9.17, 15) is 9.90 Å². The van der Waals surface area contributed by atoms with Gasteiger partial charge in [-0.15, -0.1) is 0 Å². The van der Waals surface area contributed by atoms with Gasteiger partial charge in [0.1, 0.15) is 0 Å². The summed E-state index contributed by atoms with van der Waals surface area (Å²) < 4.78 is 5.78. The van der Waals surface area contributed by atoms with Crippen LogP contribution >= 0.6 is 0 Å². The molecule has 1 aromatic rings. The first-order chi connectivity index (χ1) is 11.2. The van der Waals surface area contributed by atoms with E-state index in [4.69, 9.17) is 4.74 Å². The molecule has 23 heavy (non-hydrogen) atoms. The van der Waals surface area contributed by atoms with Crippen molar-refractivity contribution >= 4 is 5.91 Å². The van der Waals surface area contributed by atoms with E-state index in [0.29, 0.717) is 13.2 Å². The predicted molar refractivity (Wildman–Crippen MR) is 89.1 cm³/mol. The Bertz CT molecular complexity index is 543. The first-order valence-corrected chi connectivity index (χ1v) is 8.85. The molecule has 0 aliphatic carbocycles. The van der Waals surface area contributed by atoms with Crippen molar-refractivity contribution in [2.75, 3.05) is 19.8 Å². The van der Waals surface area contributed by atoms with E-state index < -0.39 is 0 Å². The minimum atomic E-state index is -0.195. The monoisotopic (exact) mass is 317 g/mol. The molecule has 1 N–H and O–H groups in total. The molecular formula is C19H27NO3. The average molecular weight is 317 g/mol. The summed E-state index contributed by atoms with van der Waals surface area (Å²) in [4.78, 5) is 14.9. The van der Waals surface area contributed by atoms with Gasteiger partial charge < -0.3 is 14.7 Å². The third-order valence-electron chi connectivity index (χ3n) is 5.20. The van der Waals surface area contributed by atoms with Gasteiger partial charge in [-0.1, -0.05) is 37.6 Å². The van der Waals surface area contributed by atoms with Gasteiger partial charge in [0.15, 0.2) is 0 Å². The van der Waals surface area contributed by atoms with Crippen molar-refractivity contribution in [2.45, 2.75) is 51.2 Å². The highest BCUT2D eigenvalue weighted by Crippen LogP contribution is 2.33. The predicted octanol–water partition coefficient (Wildman–Crippen LogP) is 2.70. The van der Waals surface area contributed by atoms with Crippen LogP contribution in [-0.2, 0) is 16.0 Å². The maximum Gasteiger partial charge on any atom is 0.226 e. The molecular weight excluding hydrogens is 290 g/mol. The van der Waals surface area contributed by atoms with Gasteiger partial charge in [-0.05, 0) is 36.8 Å². The molecule has 1 saturated heterocycles. The van der Waals surface area contributed by atoms with E-state index in [1.54, 1.807) is 0 Å². The standard InChI is InChI=1S/C19H27NO3/c1-2-5-16-12-15(9-11-23-16)19(22)20-10-8-14-6-3-4-7-17(14)18(20)13-21/h3-4,6-7,15-16,18,21H,2,5,8-13H2,1H3/t15-,16+,18+/m0/s1. The summed E-state index contributed by atoms with van der Waals surface area (Å²) in [6, 6.07) is 7.96. The van der Waals surface area contributed by atoms with Gasteiger partial charge in [0.05, 0.1) is 18.8 Å². The molecule has 0 aromatic heterocycles. The molecule has 1 amide bonds. The second kappa shape index (κ2) is 7.45. The Balaban J connectivity index is 1.74. The molecule has 2 aliphatic rings. The number of aliphatic hydroxyl groups is 1. The molecule has 4 nitrogen and oxygen atoms in total. The van der Waals surface area contributed by atoms with E-state index in [0.717, 1.165) is 37.7 Å². The van der Waals surface area contributed by atoms with E-state index in [1.807, 2.05) is 23.1 Å². The Hall–Kier alpha value is -1.39. The maximum atomic E-state index is 13.0. The van der Waals surface area contributed by atoms with Gasteiger partial charge in [0.2, 0.25) is 5.91 Å². The molecule has 2 heterocycles. The van der Waals surface area contributed by atoms with Gasteiger partial charge in [0, 0.05) is 19.1 Å². The van der Waals surface area contributed by atoms with Gasteiger partial charge in [-0.3, -0.25) is 4.79 Å². The lowest BCUT2D eigenvalue weighted by atomic mass is 9.88. The number of aliphatic hydroxyl groups excluding tert-OH is 1. The minimum Gasteiger partial charge on any atom is -0.394 e. The number of benzene rings is 1. The van der Waals surface area contributed by atoms with Crippen LogP contribution in [0.25, 0.3) is 0 Å². The van der Waals surface area contributed by atoms with Crippen molar-refractivity contribution in [1.82, 2.24) is 4.90 Å². The van der Waals surface area contributed by atoms with Crippen LogP contribution in [0.15, 0.2) is 24.3 Å².